The molecular weight excluding hydrogens is 248 g/mol. The number of nitrogens with zero attached hydrogens (tertiary/aromatic N) is 1. The lowest BCUT2D eigenvalue weighted by molar-refractivity contribution is -0.138. The third-order valence-corrected chi connectivity index (χ3v) is 3.76. The average Bonchev–Trinajstić information content (AvgIpc) is 2.65. The molecule has 5 heteroatoms. The Morgan fingerprint density at radius 2 is 2.28 bits per heavy atom. The Bertz CT molecular complexity index is 592. The Kier molecular flexibility index (Phi) is 3.63. The van der Waals surface area contributed by atoms with E-state index in [1.807, 2.05) is 24.1 Å². The zero-order valence-corrected chi connectivity index (χ0v) is 11.2. The third kappa shape index (κ3) is 2.37. The summed E-state index contributed by atoms with van der Waals surface area (Å²) in [5.41, 5.74) is 7.69. The van der Waals surface area contributed by atoms with Crippen molar-refractivity contribution in [1.82, 2.24) is 4.57 Å². The molecule has 0 aliphatic heterocycles. The van der Waals surface area contributed by atoms with Crippen LogP contribution in [0.2, 0.25) is 0 Å². The van der Waals surface area contributed by atoms with Gasteiger partial charge in [-0.15, -0.1) is 11.8 Å². The van der Waals surface area contributed by atoms with E-state index in [-0.39, 0.29) is 0 Å². The highest BCUT2D eigenvalue weighted by Crippen LogP contribution is 2.26. The molecule has 0 aliphatic rings. The fraction of sp³-hybridized carbons (Fsp3) is 0.308. The van der Waals surface area contributed by atoms with E-state index in [2.05, 4.69) is 18.2 Å². The summed E-state index contributed by atoms with van der Waals surface area (Å²) in [5, 5.41) is 9.97. The molecule has 96 valence electrons. The van der Waals surface area contributed by atoms with Gasteiger partial charge in [0.05, 0.1) is 0 Å². The van der Waals surface area contributed by atoms with Crippen LogP contribution < -0.4 is 5.73 Å². The van der Waals surface area contributed by atoms with Gasteiger partial charge in [0.25, 0.3) is 0 Å². The third-order valence-electron chi connectivity index (χ3n) is 3.04. The molecule has 0 aliphatic carbocycles. The first-order valence-corrected chi connectivity index (χ1v) is 6.85. The number of benzene rings is 1. The Labute approximate surface area is 110 Å². The van der Waals surface area contributed by atoms with Crippen molar-refractivity contribution in [2.75, 3.05) is 6.26 Å². The Hall–Kier alpha value is -1.46. The number of carboxylic acids is 1. The number of hydrogen-bond acceptors (Lipinski definition) is 3. The van der Waals surface area contributed by atoms with Crippen molar-refractivity contribution in [2.45, 2.75) is 17.4 Å². The fourth-order valence-corrected chi connectivity index (χ4v) is 2.51. The molecule has 0 spiro atoms. The molecule has 3 N–H and O–H groups in total. The monoisotopic (exact) mass is 264 g/mol. The van der Waals surface area contributed by atoms with E-state index in [1.54, 1.807) is 11.8 Å². The quantitative estimate of drug-likeness (QED) is 0.827. The molecular formula is C13H16N2O2S. The molecule has 0 saturated heterocycles. The molecule has 2 aromatic rings. The minimum Gasteiger partial charge on any atom is -0.480 e. The maximum Gasteiger partial charge on any atom is 0.320 e. The second kappa shape index (κ2) is 5.04. The Morgan fingerprint density at radius 1 is 1.56 bits per heavy atom. The van der Waals surface area contributed by atoms with Crippen LogP contribution in [0.4, 0.5) is 0 Å². The fourth-order valence-electron chi connectivity index (χ4n) is 2.07. The molecule has 2 rings (SSSR count). The van der Waals surface area contributed by atoms with Crippen molar-refractivity contribution in [3.63, 3.8) is 0 Å². The van der Waals surface area contributed by atoms with Crippen molar-refractivity contribution in [1.29, 1.82) is 0 Å². The predicted octanol–water partition coefficient (Wildman–Crippen LogP) is 1.85. The highest BCUT2D eigenvalue weighted by Gasteiger charge is 2.16. The molecule has 1 aromatic heterocycles. The second-order valence-electron chi connectivity index (χ2n) is 4.30. The summed E-state index contributed by atoms with van der Waals surface area (Å²) < 4.78 is 2.00. The van der Waals surface area contributed by atoms with Crippen LogP contribution in [0, 0.1) is 0 Å². The number of hydrogen-bond donors (Lipinski definition) is 2. The van der Waals surface area contributed by atoms with E-state index in [4.69, 9.17) is 10.8 Å². The molecule has 0 amide bonds. The topological polar surface area (TPSA) is 68.2 Å². The Balaban J connectivity index is 2.46. The van der Waals surface area contributed by atoms with Crippen molar-refractivity contribution >= 4 is 28.6 Å². The molecule has 4 nitrogen and oxygen atoms in total. The van der Waals surface area contributed by atoms with E-state index >= 15 is 0 Å². The number of aryl methyl sites for hydroxylation is 1. The van der Waals surface area contributed by atoms with Gasteiger partial charge in [-0.25, -0.2) is 0 Å². The lowest BCUT2D eigenvalue weighted by Crippen LogP contribution is -2.32. The van der Waals surface area contributed by atoms with Crippen LogP contribution >= 0.6 is 11.8 Å². The summed E-state index contributed by atoms with van der Waals surface area (Å²) in [6.07, 6.45) is 4.33. The maximum atomic E-state index is 10.8. The highest BCUT2D eigenvalue weighted by atomic mass is 32.2. The van der Waals surface area contributed by atoms with E-state index < -0.39 is 12.0 Å². The number of nitrogens with two attached hydrogens (primary N) is 1. The standard InChI is InChI=1S/C13H16N2O2S/c1-15-7-8(5-11(14)13(16)17)10-6-9(18-2)3-4-12(10)15/h3-4,6-7,11H,5,14H2,1-2H3,(H,16,17). The lowest BCUT2D eigenvalue weighted by Gasteiger charge is -2.05. The number of carboxylic acid groups (broad SMARTS) is 1. The van der Waals surface area contributed by atoms with E-state index in [0.29, 0.717) is 6.42 Å². The van der Waals surface area contributed by atoms with Gasteiger partial charge in [0, 0.05) is 35.5 Å². The van der Waals surface area contributed by atoms with Gasteiger partial charge >= 0.3 is 5.97 Å². The van der Waals surface area contributed by atoms with Crippen LogP contribution in [0.1, 0.15) is 5.56 Å². The molecule has 1 atom stereocenters. The minimum atomic E-state index is -0.965. The number of carbonyl (C=O) groups is 1. The van der Waals surface area contributed by atoms with Crippen molar-refractivity contribution in [2.24, 2.45) is 12.8 Å². The predicted molar refractivity (Wildman–Crippen MR) is 74.0 cm³/mol. The van der Waals surface area contributed by atoms with Crippen LogP contribution in [0.25, 0.3) is 10.9 Å². The van der Waals surface area contributed by atoms with Gasteiger partial charge in [0.2, 0.25) is 0 Å². The Morgan fingerprint density at radius 3 is 2.89 bits per heavy atom. The van der Waals surface area contributed by atoms with Crippen LogP contribution in [0.15, 0.2) is 29.3 Å². The summed E-state index contributed by atoms with van der Waals surface area (Å²) in [6.45, 7) is 0. The van der Waals surface area contributed by atoms with Gasteiger partial charge in [-0.1, -0.05) is 0 Å². The summed E-state index contributed by atoms with van der Waals surface area (Å²) in [5.74, 6) is -0.965. The molecule has 0 saturated carbocycles. The number of rotatable bonds is 4. The van der Waals surface area contributed by atoms with Gasteiger partial charge in [-0.2, -0.15) is 0 Å². The first-order chi connectivity index (χ1) is 8.52. The minimum absolute atomic E-state index is 0.352. The normalized spacial score (nSPS) is 12.8. The summed E-state index contributed by atoms with van der Waals surface area (Å²) in [4.78, 5) is 12.0. The lowest BCUT2D eigenvalue weighted by atomic mass is 10.1. The number of aliphatic carboxylic acids is 1. The smallest absolute Gasteiger partial charge is 0.320 e. The second-order valence-corrected chi connectivity index (χ2v) is 5.18. The molecule has 0 bridgehead atoms. The largest absolute Gasteiger partial charge is 0.480 e. The van der Waals surface area contributed by atoms with Gasteiger partial charge in [-0.3, -0.25) is 4.79 Å². The average molecular weight is 264 g/mol. The van der Waals surface area contributed by atoms with Crippen molar-refractivity contribution < 1.29 is 9.90 Å². The summed E-state index contributed by atoms with van der Waals surface area (Å²) in [6, 6.07) is 5.35. The van der Waals surface area contributed by atoms with Crippen LogP contribution in [-0.2, 0) is 18.3 Å². The summed E-state index contributed by atoms with van der Waals surface area (Å²) >= 11 is 1.67. The highest BCUT2D eigenvalue weighted by molar-refractivity contribution is 7.98. The van der Waals surface area contributed by atoms with Crippen LogP contribution in [0.5, 0.6) is 0 Å². The molecule has 0 fully saturated rings. The van der Waals surface area contributed by atoms with Crippen LogP contribution in [-0.4, -0.2) is 27.9 Å². The van der Waals surface area contributed by atoms with E-state index in [9.17, 15) is 4.79 Å². The molecule has 1 aromatic carbocycles. The molecule has 18 heavy (non-hydrogen) atoms. The zero-order valence-electron chi connectivity index (χ0n) is 10.4. The molecule has 0 radical (unpaired) electrons. The zero-order chi connectivity index (χ0) is 13.3. The number of fused-ring (bicyclic) bond motifs is 1. The molecule has 1 unspecified atom stereocenters. The maximum absolute atomic E-state index is 10.8. The van der Waals surface area contributed by atoms with Crippen LogP contribution in [0.3, 0.4) is 0 Å². The van der Waals surface area contributed by atoms with Gasteiger partial charge < -0.3 is 15.4 Å². The SMILES string of the molecule is CSc1ccc2c(c1)c(CC(N)C(=O)O)cn2C. The number of aromatic nitrogens is 1. The van der Waals surface area contributed by atoms with E-state index in [1.165, 1.54) is 4.90 Å². The first kappa shape index (κ1) is 13.0. The van der Waals surface area contributed by atoms with Gasteiger partial charge in [0.15, 0.2) is 0 Å². The van der Waals surface area contributed by atoms with Gasteiger partial charge in [-0.05, 0) is 30.0 Å². The molecule has 1 heterocycles. The van der Waals surface area contributed by atoms with Crippen molar-refractivity contribution in [3.8, 4) is 0 Å². The van der Waals surface area contributed by atoms with E-state index in [0.717, 1.165) is 16.5 Å². The number of thioether (sulfide) groups is 1. The first-order valence-electron chi connectivity index (χ1n) is 5.63. The van der Waals surface area contributed by atoms with Gasteiger partial charge in [0.1, 0.15) is 6.04 Å². The van der Waals surface area contributed by atoms with Crippen molar-refractivity contribution in [3.05, 3.63) is 30.0 Å². The summed E-state index contributed by atoms with van der Waals surface area (Å²) in [7, 11) is 1.96.